The minimum Gasteiger partial charge on any atom is -0.490 e. The first-order chi connectivity index (χ1) is 14.3. The first-order valence-corrected chi connectivity index (χ1v) is 11.0. The summed E-state index contributed by atoms with van der Waals surface area (Å²) in [5.74, 6) is 6.96. The number of aromatic nitrogens is 2. The van der Waals surface area contributed by atoms with Gasteiger partial charge in [0.15, 0.2) is 5.75 Å². The van der Waals surface area contributed by atoms with Crippen LogP contribution in [-0.2, 0) is 0 Å². The summed E-state index contributed by atoms with van der Waals surface area (Å²) >= 11 is 0. The Morgan fingerprint density at radius 2 is 1.79 bits per heavy atom. The van der Waals surface area contributed by atoms with Crippen molar-refractivity contribution in [3.63, 3.8) is 0 Å². The third-order valence-electron chi connectivity index (χ3n) is 4.76. The molecule has 2 aromatic rings. The number of aliphatic hydroxyl groups excluding tert-OH is 1. The molecule has 1 aromatic carbocycles. The molecule has 0 saturated heterocycles. The van der Waals surface area contributed by atoms with Crippen molar-refractivity contribution in [3.05, 3.63) is 42.4 Å². The fraction of sp³-hybridized carbons (Fsp3) is 0.520. The summed E-state index contributed by atoms with van der Waals surface area (Å²) in [4.78, 5) is 8.57. The molecular formula is C25H34N2O2. The molecule has 0 unspecified atom stereocenters. The summed E-state index contributed by atoms with van der Waals surface area (Å²) in [5.41, 5.74) is 2.72. The molecule has 0 saturated carbocycles. The van der Waals surface area contributed by atoms with E-state index in [1.54, 1.807) is 12.5 Å². The van der Waals surface area contributed by atoms with Gasteiger partial charge < -0.3 is 9.84 Å². The number of rotatable bonds is 13. The molecule has 0 spiro atoms. The quantitative estimate of drug-likeness (QED) is 0.345. The zero-order valence-electron chi connectivity index (χ0n) is 17.7. The van der Waals surface area contributed by atoms with E-state index in [9.17, 15) is 0 Å². The highest BCUT2D eigenvalue weighted by molar-refractivity contribution is 5.67. The number of unbranched alkanes of at least 4 members (excludes halogenated alkanes) is 8. The van der Waals surface area contributed by atoms with Crippen LogP contribution in [0.15, 0.2) is 36.8 Å². The minimum absolute atomic E-state index is 0.176. The van der Waals surface area contributed by atoms with E-state index in [0.717, 1.165) is 29.0 Å². The maximum Gasteiger partial charge on any atom is 0.163 e. The van der Waals surface area contributed by atoms with E-state index in [2.05, 4.69) is 28.7 Å². The molecule has 0 aliphatic carbocycles. The highest BCUT2D eigenvalue weighted by Crippen LogP contribution is 2.27. The molecule has 1 N–H and O–H groups in total. The van der Waals surface area contributed by atoms with Crippen LogP contribution in [-0.4, -0.2) is 28.3 Å². The Labute approximate surface area is 175 Å². The fourth-order valence-corrected chi connectivity index (χ4v) is 3.13. The van der Waals surface area contributed by atoms with Gasteiger partial charge in [-0.15, -0.1) is 0 Å². The maximum absolute atomic E-state index is 8.85. The summed E-state index contributed by atoms with van der Waals surface area (Å²) in [6.07, 6.45) is 14.9. The predicted molar refractivity (Wildman–Crippen MR) is 119 cm³/mol. The molecule has 0 amide bonds. The van der Waals surface area contributed by atoms with Gasteiger partial charge in [-0.25, -0.2) is 9.97 Å². The first-order valence-electron chi connectivity index (χ1n) is 11.0. The molecule has 0 bridgehead atoms. The number of hydrogen-bond acceptors (Lipinski definition) is 4. The summed E-state index contributed by atoms with van der Waals surface area (Å²) in [5, 5.41) is 8.85. The number of benzene rings is 1. The topological polar surface area (TPSA) is 55.2 Å². The van der Waals surface area contributed by atoms with Crippen molar-refractivity contribution in [1.82, 2.24) is 9.97 Å². The molecule has 156 valence electrons. The maximum atomic E-state index is 8.85. The lowest BCUT2D eigenvalue weighted by atomic mass is 10.1. The van der Waals surface area contributed by atoms with Gasteiger partial charge in [-0.2, -0.15) is 0 Å². The normalized spacial score (nSPS) is 10.4. The van der Waals surface area contributed by atoms with E-state index in [1.807, 2.05) is 24.3 Å². The number of ether oxygens (including phenoxy) is 1. The summed E-state index contributed by atoms with van der Waals surface area (Å²) < 4.78 is 6.00. The molecule has 0 fully saturated rings. The number of hydrogen-bond donors (Lipinski definition) is 1. The van der Waals surface area contributed by atoms with Gasteiger partial charge in [-0.05, 0) is 25.0 Å². The summed E-state index contributed by atoms with van der Waals surface area (Å²) in [7, 11) is 0. The molecular weight excluding hydrogens is 360 g/mol. The Balaban J connectivity index is 1.86. The van der Waals surface area contributed by atoms with Crippen LogP contribution in [0.3, 0.4) is 0 Å². The standard InChI is InChI=1S/C25H34N2O2/c1-2-3-4-5-6-7-8-12-18-29-24-20-26-21-27-25(24)23-16-13-15-22(19-23)14-10-9-11-17-28/h13,15-16,19-21,28H,2-9,11-12,17-18H2,1H3. The van der Waals surface area contributed by atoms with Crippen molar-refractivity contribution in [3.8, 4) is 28.8 Å². The van der Waals surface area contributed by atoms with Gasteiger partial charge in [0.1, 0.15) is 12.0 Å². The van der Waals surface area contributed by atoms with Crippen LogP contribution in [0.4, 0.5) is 0 Å². The highest BCUT2D eigenvalue weighted by Gasteiger charge is 2.08. The Morgan fingerprint density at radius 1 is 1.00 bits per heavy atom. The zero-order valence-corrected chi connectivity index (χ0v) is 17.7. The smallest absolute Gasteiger partial charge is 0.163 e. The average Bonchev–Trinajstić information content (AvgIpc) is 2.76. The molecule has 4 heteroatoms. The van der Waals surface area contributed by atoms with Crippen molar-refractivity contribution in [2.75, 3.05) is 13.2 Å². The van der Waals surface area contributed by atoms with Crippen LogP contribution in [0.1, 0.15) is 76.7 Å². The second-order valence-corrected chi connectivity index (χ2v) is 7.27. The predicted octanol–water partition coefficient (Wildman–Crippen LogP) is 5.79. The van der Waals surface area contributed by atoms with E-state index < -0.39 is 0 Å². The van der Waals surface area contributed by atoms with Gasteiger partial charge >= 0.3 is 0 Å². The largest absolute Gasteiger partial charge is 0.490 e. The van der Waals surface area contributed by atoms with Gasteiger partial charge in [0.2, 0.25) is 0 Å². The van der Waals surface area contributed by atoms with Crippen molar-refractivity contribution in [2.24, 2.45) is 0 Å². The van der Waals surface area contributed by atoms with Gasteiger partial charge in [0.05, 0.1) is 12.8 Å². The SMILES string of the molecule is CCCCCCCCCCOc1cncnc1-c1cccc(C#CCCCO)c1. The summed E-state index contributed by atoms with van der Waals surface area (Å²) in [6, 6.07) is 8.01. The zero-order chi connectivity index (χ0) is 20.6. The Hall–Kier alpha value is -2.38. The van der Waals surface area contributed by atoms with Crippen molar-refractivity contribution in [2.45, 2.75) is 71.1 Å². The molecule has 0 atom stereocenters. The lowest BCUT2D eigenvalue weighted by Gasteiger charge is -2.10. The Bertz CT molecular complexity index is 765. The second kappa shape index (κ2) is 14.6. The van der Waals surface area contributed by atoms with E-state index in [1.165, 1.54) is 44.9 Å². The van der Waals surface area contributed by atoms with E-state index in [4.69, 9.17) is 9.84 Å². The number of aliphatic hydroxyl groups is 1. The van der Waals surface area contributed by atoms with Gasteiger partial charge in [-0.3, -0.25) is 0 Å². The molecule has 1 heterocycles. The van der Waals surface area contributed by atoms with Crippen LogP contribution in [0.5, 0.6) is 5.75 Å². The first kappa shape index (κ1) is 22.9. The second-order valence-electron chi connectivity index (χ2n) is 7.27. The lowest BCUT2D eigenvalue weighted by Crippen LogP contribution is -2.01. The molecule has 2 rings (SSSR count). The van der Waals surface area contributed by atoms with Gasteiger partial charge in [-0.1, -0.05) is 75.8 Å². The minimum atomic E-state index is 0.176. The van der Waals surface area contributed by atoms with Crippen LogP contribution >= 0.6 is 0 Å². The highest BCUT2D eigenvalue weighted by atomic mass is 16.5. The molecule has 0 aliphatic heterocycles. The molecule has 4 nitrogen and oxygen atoms in total. The van der Waals surface area contributed by atoms with Crippen molar-refractivity contribution in [1.29, 1.82) is 0 Å². The molecule has 0 aliphatic rings. The van der Waals surface area contributed by atoms with Gasteiger partial charge in [0, 0.05) is 24.2 Å². The fourth-order valence-electron chi connectivity index (χ4n) is 3.13. The van der Waals surface area contributed by atoms with Crippen molar-refractivity contribution < 1.29 is 9.84 Å². The third-order valence-corrected chi connectivity index (χ3v) is 4.76. The molecule has 0 radical (unpaired) electrons. The van der Waals surface area contributed by atoms with Crippen LogP contribution in [0.2, 0.25) is 0 Å². The molecule has 1 aromatic heterocycles. The Kier molecular flexibility index (Phi) is 11.5. The van der Waals surface area contributed by atoms with Crippen molar-refractivity contribution >= 4 is 0 Å². The average molecular weight is 395 g/mol. The Morgan fingerprint density at radius 3 is 2.59 bits per heavy atom. The monoisotopic (exact) mass is 394 g/mol. The van der Waals surface area contributed by atoms with Crippen LogP contribution < -0.4 is 4.74 Å². The van der Waals surface area contributed by atoms with E-state index >= 15 is 0 Å². The van der Waals surface area contributed by atoms with Crippen LogP contribution in [0, 0.1) is 11.8 Å². The van der Waals surface area contributed by atoms with E-state index in [-0.39, 0.29) is 6.61 Å². The van der Waals surface area contributed by atoms with Gasteiger partial charge in [0.25, 0.3) is 0 Å². The number of nitrogens with zero attached hydrogens (tertiary/aromatic N) is 2. The van der Waals surface area contributed by atoms with Crippen LogP contribution in [0.25, 0.3) is 11.3 Å². The lowest BCUT2D eigenvalue weighted by molar-refractivity contribution is 0.290. The van der Waals surface area contributed by atoms with E-state index in [0.29, 0.717) is 19.4 Å². The summed E-state index contributed by atoms with van der Waals surface area (Å²) in [6.45, 7) is 3.12. The molecule has 29 heavy (non-hydrogen) atoms. The third kappa shape index (κ3) is 9.11.